The molecule has 5 nitrogen and oxygen atoms in total. The van der Waals surface area contributed by atoms with Gasteiger partial charge in [-0.15, -0.1) is 11.3 Å². The van der Waals surface area contributed by atoms with Gasteiger partial charge in [-0.2, -0.15) is 0 Å². The summed E-state index contributed by atoms with van der Waals surface area (Å²) < 4.78 is 11.6. The number of thiazole rings is 1. The van der Waals surface area contributed by atoms with E-state index in [9.17, 15) is 0 Å². The fourth-order valence-corrected chi connectivity index (χ4v) is 3.81. The van der Waals surface area contributed by atoms with Gasteiger partial charge in [-0.3, -0.25) is 9.88 Å². The smallest absolute Gasteiger partial charge is 0.134 e. The molecule has 0 bridgehead atoms. The average molecular weight is 341 g/mol. The first-order valence-corrected chi connectivity index (χ1v) is 8.85. The van der Waals surface area contributed by atoms with Crippen molar-refractivity contribution in [2.45, 2.75) is 19.6 Å². The van der Waals surface area contributed by atoms with E-state index in [0.29, 0.717) is 0 Å². The summed E-state index contributed by atoms with van der Waals surface area (Å²) in [7, 11) is 0. The lowest BCUT2D eigenvalue weighted by molar-refractivity contribution is -0.0427. The van der Waals surface area contributed by atoms with Crippen LogP contribution in [0.25, 0.3) is 10.6 Å². The summed E-state index contributed by atoms with van der Waals surface area (Å²) in [5, 5.41) is 1.02. The number of hydrogen-bond acceptors (Lipinski definition) is 6. The molecule has 0 aliphatic carbocycles. The van der Waals surface area contributed by atoms with Crippen molar-refractivity contribution in [2.75, 3.05) is 19.7 Å². The van der Waals surface area contributed by atoms with Crippen LogP contribution in [0.2, 0.25) is 0 Å². The molecule has 0 N–H and O–H groups in total. The van der Waals surface area contributed by atoms with E-state index in [1.165, 1.54) is 4.88 Å². The Morgan fingerprint density at radius 1 is 1.29 bits per heavy atom. The largest absolute Gasteiger partial charge is 0.464 e. The van der Waals surface area contributed by atoms with Crippen LogP contribution >= 0.6 is 11.3 Å². The molecule has 1 saturated heterocycles. The van der Waals surface area contributed by atoms with Gasteiger partial charge in [0, 0.05) is 48.7 Å². The SMILES string of the molecule is Cc1ccc([C@H]2CN(Cc3cnc(-c4cccnc4)s3)CCO2)o1. The van der Waals surface area contributed by atoms with Crippen LogP contribution in [-0.4, -0.2) is 34.6 Å². The van der Waals surface area contributed by atoms with Crippen LogP contribution < -0.4 is 0 Å². The first-order chi connectivity index (χ1) is 11.8. The Morgan fingerprint density at radius 2 is 2.25 bits per heavy atom. The second-order valence-electron chi connectivity index (χ2n) is 5.92. The van der Waals surface area contributed by atoms with E-state index in [1.807, 2.05) is 43.6 Å². The molecule has 0 spiro atoms. The highest BCUT2D eigenvalue weighted by atomic mass is 32.1. The van der Waals surface area contributed by atoms with E-state index in [4.69, 9.17) is 9.15 Å². The van der Waals surface area contributed by atoms with Gasteiger partial charge in [0.2, 0.25) is 0 Å². The van der Waals surface area contributed by atoms with Gasteiger partial charge in [-0.25, -0.2) is 4.98 Å². The molecular weight excluding hydrogens is 322 g/mol. The van der Waals surface area contributed by atoms with E-state index in [2.05, 4.69) is 14.9 Å². The summed E-state index contributed by atoms with van der Waals surface area (Å²) in [5.41, 5.74) is 1.07. The zero-order valence-corrected chi connectivity index (χ0v) is 14.3. The second kappa shape index (κ2) is 6.84. The van der Waals surface area contributed by atoms with Crippen molar-refractivity contribution in [3.05, 3.63) is 59.3 Å². The van der Waals surface area contributed by atoms with Crippen LogP contribution in [0.3, 0.4) is 0 Å². The Morgan fingerprint density at radius 3 is 3.04 bits per heavy atom. The Labute approximate surface area is 144 Å². The number of furan rings is 1. The van der Waals surface area contributed by atoms with Gasteiger partial charge < -0.3 is 9.15 Å². The number of pyridine rings is 1. The summed E-state index contributed by atoms with van der Waals surface area (Å²) in [4.78, 5) is 12.3. The Bertz CT molecular complexity index is 799. The third kappa shape index (κ3) is 3.40. The summed E-state index contributed by atoms with van der Waals surface area (Å²) >= 11 is 1.72. The van der Waals surface area contributed by atoms with Crippen LogP contribution in [0.4, 0.5) is 0 Å². The molecule has 24 heavy (non-hydrogen) atoms. The van der Waals surface area contributed by atoms with Crippen LogP contribution in [0.1, 0.15) is 22.5 Å². The van der Waals surface area contributed by atoms with Gasteiger partial charge in [0.25, 0.3) is 0 Å². The number of morpholine rings is 1. The third-order valence-electron chi connectivity index (χ3n) is 4.07. The summed E-state index contributed by atoms with van der Waals surface area (Å²) in [6.45, 7) is 5.33. The van der Waals surface area contributed by atoms with Crippen molar-refractivity contribution in [3.8, 4) is 10.6 Å². The third-order valence-corrected chi connectivity index (χ3v) is 5.10. The monoisotopic (exact) mass is 341 g/mol. The van der Waals surface area contributed by atoms with Crippen molar-refractivity contribution in [2.24, 2.45) is 0 Å². The lowest BCUT2D eigenvalue weighted by atomic mass is 10.2. The minimum Gasteiger partial charge on any atom is -0.464 e. The molecule has 1 atom stereocenters. The molecule has 0 amide bonds. The maximum absolute atomic E-state index is 5.86. The average Bonchev–Trinajstić information content (AvgIpc) is 3.25. The highest BCUT2D eigenvalue weighted by Gasteiger charge is 2.24. The normalized spacial score (nSPS) is 18.8. The van der Waals surface area contributed by atoms with Crippen molar-refractivity contribution in [3.63, 3.8) is 0 Å². The predicted octanol–water partition coefficient (Wildman–Crippen LogP) is 3.68. The quantitative estimate of drug-likeness (QED) is 0.724. The van der Waals surface area contributed by atoms with Gasteiger partial charge >= 0.3 is 0 Å². The molecule has 1 aliphatic rings. The molecule has 4 rings (SSSR count). The Balaban J connectivity index is 1.43. The zero-order valence-electron chi connectivity index (χ0n) is 13.5. The van der Waals surface area contributed by atoms with Crippen LogP contribution in [-0.2, 0) is 11.3 Å². The van der Waals surface area contributed by atoms with E-state index in [0.717, 1.165) is 48.3 Å². The number of ether oxygens (including phenoxy) is 1. The number of aryl methyl sites for hydroxylation is 1. The molecule has 0 saturated carbocycles. The lowest BCUT2D eigenvalue weighted by Crippen LogP contribution is -2.37. The Kier molecular flexibility index (Phi) is 4.42. The minimum atomic E-state index is 0.0122. The van der Waals surface area contributed by atoms with Gasteiger partial charge in [0.05, 0.1) is 6.61 Å². The summed E-state index contributed by atoms with van der Waals surface area (Å²) in [6, 6.07) is 7.98. The zero-order chi connectivity index (χ0) is 16.4. The van der Waals surface area contributed by atoms with Crippen molar-refractivity contribution < 1.29 is 9.15 Å². The van der Waals surface area contributed by atoms with Crippen molar-refractivity contribution in [1.82, 2.24) is 14.9 Å². The first-order valence-electron chi connectivity index (χ1n) is 8.03. The van der Waals surface area contributed by atoms with E-state index in [-0.39, 0.29) is 6.10 Å². The molecule has 3 aromatic rings. The number of hydrogen-bond donors (Lipinski definition) is 0. The van der Waals surface area contributed by atoms with E-state index in [1.54, 1.807) is 17.5 Å². The van der Waals surface area contributed by atoms with Crippen LogP contribution in [0.15, 0.2) is 47.3 Å². The molecule has 124 valence electrons. The standard InChI is InChI=1S/C18H19N3O2S/c1-13-4-5-16(23-13)17-12-21(7-8-22-17)11-15-10-20-18(24-15)14-3-2-6-19-9-14/h2-6,9-10,17H,7-8,11-12H2,1H3/t17-/m1/s1. The molecule has 0 unspecified atom stereocenters. The van der Waals surface area contributed by atoms with Crippen LogP contribution in [0, 0.1) is 6.92 Å². The van der Waals surface area contributed by atoms with Crippen LogP contribution in [0.5, 0.6) is 0 Å². The molecule has 0 radical (unpaired) electrons. The maximum Gasteiger partial charge on any atom is 0.134 e. The Hall–Kier alpha value is -2.02. The van der Waals surface area contributed by atoms with Gasteiger partial charge in [-0.1, -0.05) is 0 Å². The lowest BCUT2D eigenvalue weighted by Gasteiger charge is -2.31. The molecule has 3 aromatic heterocycles. The van der Waals surface area contributed by atoms with Crippen molar-refractivity contribution in [1.29, 1.82) is 0 Å². The highest BCUT2D eigenvalue weighted by Crippen LogP contribution is 2.28. The van der Waals surface area contributed by atoms with E-state index < -0.39 is 0 Å². The summed E-state index contributed by atoms with van der Waals surface area (Å²) in [6.07, 6.45) is 5.61. The summed E-state index contributed by atoms with van der Waals surface area (Å²) in [5.74, 6) is 1.84. The molecule has 0 aromatic carbocycles. The van der Waals surface area contributed by atoms with Gasteiger partial charge in [0.15, 0.2) is 0 Å². The predicted molar refractivity (Wildman–Crippen MR) is 92.8 cm³/mol. The fourth-order valence-electron chi connectivity index (χ4n) is 2.87. The highest BCUT2D eigenvalue weighted by molar-refractivity contribution is 7.15. The maximum atomic E-state index is 5.86. The van der Waals surface area contributed by atoms with E-state index >= 15 is 0 Å². The van der Waals surface area contributed by atoms with Gasteiger partial charge in [-0.05, 0) is 31.2 Å². The molecular formula is C18H19N3O2S. The number of aromatic nitrogens is 2. The minimum absolute atomic E-state index is 0.0122. The van der Waals surface area contributed by atoms with Crippen molar-refractivity contribution >= 4 is 11.3 Å². The molecule has 4 heterocycles. The number of rotatable bonds is 4. The number of nitrogens with zero attached hydrogens (tertiary/aromatic N) is 3. The molecule has 1 fully saturated rings. The first kappa shape index (κ1) is 15.5. The molecule has 6 heteroatoms. The molecule has 1 aliphatic heterocycles. The topological polar surface area (TPSA) is 51.4 Å². The van der Waals surface area contributed by atoms with Gasteiger partial charge in [0.1, 0.15) is 22.6 Å². The fraction of sp³-hybridized carbons (Fsp3) is 0.333. The second-order valence-corrected chi connectivity index (χ2v) is 7.03.